The summed E-state index contributed by atoms with van der Waals surface area (Å²) in [6.45, 7) is 0.311. The van der Waals surface area contributed by atoms with Gasteiger partial charge in [-0.15, -0.1) is 0 Å². The highest BCUT2D eigenvalue weighted by Crippen LogP contribution is 2.27. The molecule has 1 heterocycles. The number of carbonyl (C=O) groups is 1. The molecule has 134 valence electrons. The van der Waals surface area contributed by atoms with Gasteiger partial charge in [0.2, 0.25) is 0 Å². The van der Waals surface area contributed by atoms with Gasteiger partial charge >= 0.3 is 5.97 Å². The Morgan fingerprint density at radius 1 is 0.962 bits per heavy atom. The van der Waals surface area contributed by atoms with Gasteiger partial charge in [-0.05, 0) is 42.5 Å². The highest BCUT2D eigenvalue weighted by Gasteiger charge is 2.14. The van der Waals surface area contributed by atoms with Gasteiger partial charge in [-0.2, -0.15) is 0 Å². The molecule has 0 saturated heterocycles. The Labute approximate surface area is 148 Å². The quantitative estimate of drug-likeness (QED) is 0.495. The monoisotopic (exact) mass is 359 g/mol. The topological polar surface area (TPSA) is 57.7 Å². The first-order valence-electron chi connectivity index (χ1n) is 7.76. The lowest BCUT2D eigenvalue weighted by Crippen LogP contribution is -2.11. The molecule has 0 unspecified atom stereocenters. The third-order valence-corrected chi connectivity index (χ3v) is 3.55. The number of hydrogen-bond donors (Lipinski definition) is 0. The van der Waals surface area contributed by atoms with Gasteiger partial charge in [0.1, 0.15) is 36.3 Å². The number of methoxy groups -OCH3 is 1. The number of esters is 1. The van der Waals surface area contributed by atoms with Crippen molar-refractivity contribution in [3.63, 3.8) is 0 Å². The Hall–Kier alpha value is -3.22. The maximum atomic E-state index is 13.6. The van der Waals surface area contributed by atoms with Gasteiger partial charge in [0, 0.05) is 11.5 Å². The summed E-state index contributed by atoms with van der Waals surface area (Å²) in [6, 6.07) is 11.0. The number of ether oxygens (including phenoxy) is 3. The van der Waals surface area contributed by atoms with Crippen LogP contribution in [0.4, 0.5) is 8.78 Å². The summed E-state index contributed by atoms with van der Waals surface area (Å²) in [7, 11) is 1.25. The second kappa shape index (κ2) is 7.77. The molecule has 0 spiro atoms. The van der Waals surface area contributed by atoms with Crippen molar-refractivity contribution in [3.05, 3.63) is 65.9 Å². The van der Waals surface area contributed by atoms with Gasteiger partial charge < -0.3 is 14.2 Å². The fraction of sp³-hybridized carbons (Fsp3) is 0.158. The zero-order chi connectivity index (χ0) is 18.5. The van der Waals surface area contributed by atoms with E-state index in [0.717, 1.165) is 0 Å². The smallest absolute Gasteiger partial charge is 0.356 e. The van der Waals surface area contributed by atoms with Crippen LogP contribution in [0.25, 0.3) is 10.9 Å². The fourth-order valence-corrected chi connectivity index (χ4v) is 2.34. The molecule has 0 radical (unpaired) electrons. The number of aromatic nitrogens is 1. The Bertz CT molecular complexity index is 929. The van der Waals surface area contributed by atoms with E-state index in [4.69, 9.17) is 9.47 Å². The van der Waals surface area contributed by atoms with Gasteiger partial charge in [0.25, 0.3) is 0 Å². The average Bonchev–Trinajstić information content (AvgIpc) is 2.65. The van der Waals surface area contributed by atoms with E-state index in [9.17, 15) is 13.6 Å². The Morgan fingerprint density at radius 3 is 2.38 bits per heavy atom. The SMILES string of the molecule is COC(=O)c1cc(OCCOc2ccc(F)cc2)c2cc(F)ccc2n1. The van der Waals surface area contributed by atoms with Crippen LogP contribution in [-0.4, -0.2) is 31.3 Å². The van der Waals surface area contributed by atoms with E-state index in [-0.39, 0.29) is 30.5 Å². The lowest BCUT2D eigenvalue weighted by Gasteiger charge is -2.12. The third kappa shape index (κ3) is 4.05. The van der Waals surface area contributed by atoms with Crippen LogP contribution in [0, 0.1) is 11.6 Å². The number of halogens is 2. The van der Waals surface area contributed by atoms with E-state index >= 15 is 0 Å². The van der Waals surface area contributed by atoms with Crippen molar-refractivity contribution >= 4 is 16.9 Å². The van der Waals surface area contributed by atoms with Crippen LogP contribution >= 0.6 is 0 Å². The summed E-state index contributed by atoms with van der Waals surface area (Å²) in [5, 5.41) is 0.430. The predicted molar refractivity (Wildman–Crippen MR) is 90.4 cm³/mol. The molecule has 3 aromatic rings. The summed E-state index contributed by atoms with van der Waals surface area (Å²) in [5.74, 6) is -0.635. The number of nitrogens with zero attached hydrogens (tertiary/aromatic N) is 1. The van der Waals surface area contributed by atoms with E-state index in [2.05, 4.69) is 9.72 Å². The Kier molecular flexibility index (Phi) is 5.26. The van der Waals surface area contributed by atoms with E-state index < -0.39 is 11.8 Å². The minimum absolute atomic E-state index is 0.0565. The molecule has 0 aliphatic rings. The molecule has 5 nitrogen and oxygen atoms in total. The molecule has 0 N–H and O–H groups in total. The zero-order valence-electron chi connectivity index (χ0n) is 13.9. The third-order valence-electron chi connectivity index (χ3n) is 3.55. The molecule has 0 amide bonds. The first-order valence-corrected chi connectivity index (χ1v) is 7.76. The van der Waals surface area contributed by atoms with Gasteiger partial charge in [-0.3, -0.25) is 0 Å². The lowest BCUT2D eigenvalue weighted by molar-refractivity contribution is 0.0594. The molecule has 0 bridgehead atoms. The maximum Gasteiger partial charge on any atom is 0.356 e. The average molecular weight is 359 g/mol. The highest BCUT2D eigenvalue weighted by molar-refractivity contribution is 5.94. The minimum Gasteiger partial charge on any atom is -0.490 e. The van der Waals surface area contributed by atoms with Crippen molar-refractivity contribution < 1.29 is 27.8 Å². The molecule has 0 atom stereocenters. The molecule has 2 aromatic carbocycles. The molecule has 0 saturated carbocycles. The number of carbonyl (C=O) groups excluding carboxylic acids is 1. The van der Waals surface area contributed by atoms with Crippen LogP contribution in [-0.2, 0) is 4.74 Å². The van der Waals surface area contributed by atoms with Crippen molar-refractivity contribution in [1.29, 1.82) is 0 Å². The summed E-state index contributed by atoms with van der Waals surface area (Å²) < 4.78 is 42.2. The Balaban J connectivity index is 1.75. The minimum atomic E-state index is -0.622. The lowest BCUT2D eigenvalue weighted by atomic mass is 10.1. The van der Waals surface area contributed by atoms with Crippen LogP contribution < -0.4 is 9.47 Å². The summed E-state index contributed by atoms with van der Waals surface area (Å²) in [5.41, 5.74) is 0.463. The van der Waals surface area contributed by atoms with Gasteiger partial charge in [0.15, 0.2) is 5.69 Å². The number of fused-ring (bicyclic) bond motifs is 1. The van der Waals surface area contributed by atoms with Gasteiger partial charge in [-0.1, -0.05) is 0 Å². The van der Waals surface area contributed by atoms with Crippen molar-refractivity contribution in [1.82, 2.24) is 4.98 Å². The molecule has 0 aliphatic carbocycles. The largest absolute Gasteiger partial charge is 0.490 e. The van der Waals surface area contributed by atoms with E-state index in [1.54, 1.807) is 0 Å². The first kappa shape index (κ1) is 17.6. The van der Waals surface area contributed by atoms with Gasteiger partial charge in [-0.25, -0.2) is 18.6 Å². The van der Waals surface area contributed by atoms with Crippen LogP contribution in [0.2, 0.25) is 0 Å². The summed E-state index contributed by atoms with van der Waals surface area (Å²) in [4.78, 5) is 15.9. The van der Waals surface area contributed by atoms with Crippen molar-refractivity contribution in [2.24, 2.45) is 0 Å². The van der Waals surface area contributed by atoms with Crippen LogP contribution in [0.3, 0.4) is 0 Å². The molecule has 0 aliphatic heterocycles. The van der Waals surface area contributed by atoms with Crippen molar-refractivity contribution in [2.45, 2.75) is 0 Å². The Morgan fingerprint density at radius 2 is 1.65 bits per heavy atom. The van der Waals surface area contributed by atoms with Crippen LogP contribution in [0.1, 0.15) is 10.5 Å². The predicted octanol–water partition coefficient (Wildman–Crippen LogP) is 3.76. The summed E-state index contributed by atoms with van der Waals surface area (Å²) >= 11 is 0. The second-order valence-corrected chi connectivity index (χ2v) is 5.31. The van der Waals surface area contributed by atoms with Crippen LogP contribution in [0.5, 0.6) is 11.5 Å². The highest BCUT2D eigenvalue weighted by atomic mass is 19.1. The van der Waals surface area contributed by atoms with E-state index in [1.807, 2.05) is 0 Å². The molecule has 3 rings (SSSR count). The zero-order valence-corrected chi connectivity index (χ0v) is 13.9. The van der Waals surface area contributed by atoms with Gasteiger partial charge in [0.05, 0.1) is 12.6 Å². The summed E-state index contributed by atoms with van der Waals surface area (Å²) in [6.07, 6.45) is 0. The number of pyridine rings is 1. The van der Waals surface area contributed by atoms with Crippen LogP contribution in [0.15, 0.2) is 48.5 Å². The maximum absolute atomic E-state index is 13.6. The van der Waals surface area contributed by atoms with E-state index in [1.165, 1.54) is 55.6 Å². The second-order valence-electron chi connectivity index (χ2n) is 5.31. The van der Waals surface area contributed by atoms with Crippen molar-refractivity contribution in [3.8, 4) is 11.5 Å². The molecule has 26 heavy (non-hydrogen) atoms. The first-order chi connectivity index (χ1) is 12.6. The molecular formula is C19H15F2NO4. The molecule has 0 fully saturated rings. The fourth-order valence-electron chi connectivity index (χ4n) is 2.34. The number of hydrogen-bond acceptors (Lipinski definition) is 5. The molecular weight excluding hydrogens is 344 g/mol. The normalized spacial score (nSPS) is 10.6. The molecule has 1 aromatic heterocycles. The van der Waals surface area contributed by atoms with E-state index in [0.29, 0.717) is 16.7 Å². The molecule has 7 heteroatoms. The number of rotatable bonds is 6. The number of benzene rings is 2. The standard InChI is InChI=1S/C19H15F2NO4/c1-24-19(23)17-11-18(15-10-13(21)4-7-16(15)22-17)26-9-8-25-14-5-2-12(20)3-6-14/h2-7,10-11H,8-9H2,1H3. The van der Waals surface area contributed by atoms with Crippen molar-refractivity contribution in [2.75, 3.05) is 20.3 Å².